The molecule has 2 aliphatic carbocycles. The van der Waals surface area contributed by atoms with Crippen molar-refractivity contribution in [3.63, 3.8) is 0 Å². The molecule has 0 spiro atoms. The molecule has 0 unspecified atom stereocenters. The number of carbonyl (C=O) groups excluding carboxylic acids is 1. The largest absolute Gasteiger partial charge is 0.338 e. The molecule has 1 aromatic heterocycles. The number of hydrogen-bond acceptors (Lipinski definition) is 2. The number of nitrogens with one attached hydrogen (secondary N) is 2. The quantitative estimate of drug-likeness (QED) is 0.778. The van der Waals surface area contributed by atoms with Crippen molar-refractivity contribution >= 4 is 11.8 Å². The molecule has 1 heterocycles. The number of benzene rings is 1. The van der Waals surface area contributed by atoms with E-state index in [9.17, 15) is 18.0 Å². The number of hydrogen-bond donors (Lipinski definition) is 2. The second kappa shape index (κ2) is 7.14. The van der Waals surface area contributed by atoms with Crippen LogP contribution in [0.4, 0.5) is 23.8 Å². The number of halogens is 3. The van der Waals surface area contributed by atoms with E-state index >= 15 is 0 Å². The maximum Gasteiger partial charge on any atom is 0.320 e. The van der Waals surface area contributed by atoms with Crippen LogP contribution in [0.15, 0.2) is 24.3 Å². The monoisotopic (exact) mass is 392 g/mol. The lowest BCUT2D eigenvalue weighted by Crippen LogP contribution is -2.43. The van der Waals surface area contributed by atoms with Gasteiger partial charge in [-0.3, -0.25) is 10.00 Å². The summed E-state index contributed by atoms with van der Waals surface area (Å²) in [6.45, 7) is 0.220. The Balaban J connectivity index is 1.51. The highest BCUT2D eigenvalue weighted by atomic mass is 19.3. The van der Waals surface area contributed by atoms with Gasteiger partial charge in [0.25, 0.3) is 0 Å². The highest BCUT2D eigenvalue weighted by Gasteiger charge is 2.45. The first-order valence-electron chi connectivity index (χ1n) is 9.58. The molecule has 8 heteroatoms. The van der Waals surface area contributed by atoms with Gasteiger partial charge in [0.1, 0.15) is 5.82 Å². The van der Waals surface area contributed by atoms with Crippen LogP contribution in [0, 0.1) is 11.7 Å². The summed E-state index contributed by atoms with van der Waals surface area (Å²) in [5.41, 5.74) is 2.65. The van der Waals surface area contributed by atoms with Gasteiger partial charge in [0.2, 0.25) is 5.92 Å². The molecule has 2 saturated carbocycles. The van der Waals surface area contributed by atoms with Gasteiger partial charge >= 0.3 is 6.03 Å². The molecule has 2 amide bonds. The Morgan fingerprint density at radius 1 is 1.25 bits per heavy atom. The molecular weight excluding hydrogens is 369 g/mol. The van der Waals surface area contributed by atoms with Crippen LogP contribution >= 0.6 is 0 Å². The number of nitrogens with zero attached hydrogens (tertiary/aromatic N) is 2. The average Bonchev–Trinajstić information content (AvgIpc) is 2.86. The van der Waals surface area contributed by atoms with Gasteiger partial charge in [0.15, 0.2) is 5.82 Å². The third kappa shape index (κ3) is 3.72. The van der Waals surface area contributed by atoms with Gasteiger partial charge in [0, 0.05) is 37.6 Å². The normalized spacial score (nSPS) is 19.0. The van der Waals surface area contributed by atoms with Crippen LogP contribution in [0.5, 0.6) is 0 Å². The summed E-state index contributed by atoms with van der Waals surface area (Å²) in [6.07, 6.45) is 2.77. The number of anilines is 1. The second-order valence-electron chi connectivity index (χ2n) is 7.83. The molecule has 2 N–H and O–H groups in total. The van der Waals surface area contributed by atoms with E-state index in [0.717, 1.165) is 36.1 Å². The van der Waals surface area contributed by atoms with E-state index in [0.29, 0.717) is 5.82 Å². The first-order valence-corrected chi connectivity index (χ1v) is 9.58. The molecule has 2 aliphatic rings. The van der Waals surface area contributed by atoms with Crippen molar-refractivity contribution in [3.8, 4) is 11.3 Å². The van der Waals surface area contributed by atoms with Crippen LogP contribution in [0.3, 0.4) is 0 Å². The molecule has 4 rings (SSSR count). The fourth-order valence-corrected chi connectivity index (χ4v) is 3.98. The van der Waals surface area contributed by atoms with Crippen molar-refractivity contribution in [1.82, 2.24) is 15.1 Å². The van der Waals surface area contributed by atoms with Crippen molar-refractivity contribution in [2.75, 3.05) is 11.9 Å². The van der Waals surface area contributed by atoms with E-state index < -0.39 is 12.0 Å². The summed E-state index contributed by atoms with van der Waals surface area (Å²) in [5.74, 6) is -2.33. The molecule has 0 bridgehead atoms. The summed E-state index contributed by atoms with van der Waals surface area (Å²) in [4.78, 5) is 12.3. The smallest absolute Gasteiger partial charge is 0.320 e. The highest BCUT2D eigenvalue weighted by Crippen LogP contribution is 2.45. The third-order valence-electron chi connectivity index (χ3n) is 5.67. The van der Waals surface area contributed by atoms with Crippen LogP contribution in [0.1, 0.15) is 43.6 Å². The summed E-state index contributed by atoms with van der Waals surface area (Å²) < 4.78 is 40.8. The number of alkyl halides is 2. The molecule has 0 saturated heterocycles. The minimum atomic E-state index is -2.59. The second-order valence-corrected chi connectivity index (χ2v) is 7.83. The van der Waals surface area contributed by atoms with Gasteiger partial charge in [-0.25, -0.2) is 18.0 Å². The summed E-state index contributed by atoms with van der Waals surface area (Å²) in [7, 11) is 1.79. The van der Waals surface area contributed by atoms with E-state index in [4.69, 9.17) is 0 Å². The van der Waals surface area contributed by atoms with E-state index in [2.05, 4.69) is 15.7 Å². The minimum Gasteiger partial charge on any atom is -0.338 e. The Kier molecular flexibility index (Phi) is 4.81. The van der Waals surface area contributed by atoms with Gasteiger partial charge in [-0.15, -0.1) is 0 Å². The molecule has 2 fully saturated rings. The fourth-order valence-electron chi connectivity index (χ4n) is 3.98. The molecule has 28 heavy (non-hydrogen) atoms. The first kappa shape index (κ1) is 18.8. The molecule has 2 aromatic rings. The number of aryl methyl sites for hydroxylation is 1. The van der Waals surface area contributed by atoms with Gasteiger partial charge in [-0.05, 0) is 48.9 Å². The molecule has 5 nitrogen and oxygen atoms in total. The van der Waals surface area contributed by atoms with Crippen molar-refractivity contribution in [2.45, 2.75) is 43.9 Å². The zero-order chi connectivity index (χ0) is 19.9. The zero-order valence-corrected chi connectivity index (χ0v) is 15.6. The van der Waals surface area contributed by atoms with Gasteiger partial charge in [-0.2, -0.15) is 5.10 Å². The van der Waals surface area contributed by atoms with Crippen LogP contribution in [-0.4, -0.2) is 28.3 Å². The minimum absolute atomic E-state index is 0.182. The predicted molar refractivity (Wildman–Crippen MR) is 99.9 cm³/mol. The molecule has 0 radical (unpaired) electrons. The van der Waals surface area contributed by atoms with Crippen LogP contribution < -0.4 is 10.6 Å². The maximum absolute atomic E-state index is 13.3. The lowest BCUT2D eigenvalue weighted by Gasteiger charge is -2.34. The van der Waals surface area contributed by atoms with Crippen molar-refractivity contribution in [3.05, 3.63) is 35.6 Å². The Bertz CT molecular complexity index is 866. The van der Waals surface area contributed by atoms with E-state index in [1.54, 1.807) is 23.9 Å². The van der Waals surface area contributed by atoms with Crippen molar-refractivity contribution in [2.24, 2.45) is 13.0 Å². The molecule has 0 atom stereocenters. The van der Waals surface area contributed by atoms with Gasteiger partial charge in [0.05, 0.1) is 5.69 Å². The molecule has 0 aliphatic heterocycles. The summed E-state index contributed by atoms with van der Waals surface area (Å²) >= 11 is 0. The Hall–Kier alpha value is -2.51. The van der Waals surface area contributed by atoms with Crippen LogP contribution in [-0.2, 0) is 7.05 Å². The number of aromatic nitrogens is 2. The molecule has 1 aromatic carbocycles. The summed E-state index contributed by atoms with van der Waals surface area (Å²) in [6, 6.07) is 5.77. The summed E-state index contributed by atoms with van der Waals surface area (Å²) in [5, 5.41) is 9.92. The molecular formula is C20H23F3N4O. The topological polar surface area (TPSA) is 59.0 Å². The maximum atomic E-state index is 13.3. The van der Waals surface area contributed by atoms with Gasteiger partial charge < -0.3 is 5.32 Å². The number of rotatable bonds is 5. The Morgan fingerprint density at radius 3 is 2.50 bits per heavy atom. The SMILES string of the molecule is Cn1nc(NC(=O)NCC2CC(F)(F)C2)c(C2CCC2)c1-c1ccc(F)cc1. The standard InChI is InChI=1S/C20H23F3N4O/c1-27-17(14-5-7-15(21)8-6-14)16(13-3-2-4-13)18(26-27)25-19(28)24-11-12-9-20(22,23)10-12/h5-8,12-13H,2-4,9-11H2,1H3,(H2,24,25,26,28). The molecule has 150 valence electrons. The van der Waals surface area contributed by atoms with Crippen LogP contribution in [0.2, 0.25) is 0 Å². The first-order chi connectivity index (χ1) is 13.3. The lowest BCUT2D eigenvalue weighted by molar-refractivity contribution is -0.108. The zero-order valence-electron chi connectivity index (χ0n) is 15.6. The highest BCUT2D eigenvalue weighted by molar-refractivity contribution is 5.90. The van der Waals surface area contributed by atoms with E-state index in [1.165, 1.54) is 12.1 Å². The Morgan fingerprint density at radius 2 is 1.93 bits per heavy atom. The number of amides is 2. The van der Waals surface area contributed by atoms with Crippen molar-refractivity contribution in [1.29, 1.82) is 0 Å². The number of carbonyl (C=O) groups is 1. The predicted octanol–water partition coefficient (Wildman–Crippen LogP) is 4.66. The fraction of sp³-hybridized carbons (Fsp3) is 0.500. The van der Waals surface area contributed by atoms with Crippen molar-refractivity contribution < 1.29 is 18.0 Å². The average molecular weight is 392 g/mol. The third-order valence-corrected chi connectivity index (χ3v) is 5.67. The van der Waals surface area contributed by atoms with E-state index in [1.807, 2.05) is 0 Å². The van der Waals surface area contributed by atoms with Gasteiger partial charge in [-0.1, -0.05) is 6.42 Å². The number of urea groups is 1. The van der Waals surface area contributed by atoms with Crippen LogP contribution in [0.25, 0.3) is 11.3 Å². The lowest BCUT2D eigenvalue weighted by atomic mass is 9.79. The Labute approximate surface area is 161 Å². The van der Waals surface area contributed by atoms with E-state index in [-0.39, 0.29) is 37.0 Å².